The van der Waals surface area contributed by atoms with Gasteiger partial charge in [0, 0.05) is 37.8 Å². The van der Waals surface area contributed by atoms with Crippen molar-refractivity contribution in [1.29, 1.82) is 0 Å². The normalized spacial score (nSPS) is 14.6. The maximum absolute atomic E-state index is 13.6. The Balaban J connectivity index is 1.42. The zero-order valence-corrected chi connectivity index (χ0v) is 18.6. The molecule has 8 heteroatoms. The van der Waals surface area contributed by atoms with Gasteiger partial charge in [0.05, 0.1) is 11.3 Å². The second-order valence-electron chi connectivity index (χ2n) is 8.05. The van der Waals surface area contributed by atoms with Crippen LogP contribution in [0.3, 0.4) is 0 Å². The fourth-order valence-electron chi connectivity index (χ4n) is 4.29. The van der Waals surface area contributed by atoms with E-state index in [0.29, 0.717) is 29.1 Å². The molecular formula is C24H24N6OS. The maximum atomic E-state index is 13.6. The van der Waals surface area contributed by atoms with Gasteiger partial charge in [-0.15, -0.1) is 0 Å². The molecule has 7 nitrogen and oxygen atoms in total. The van der Waals surface area contributed by atoms with Crippen molar-refractivity contribution in [3.05, 3.63) is 83.0 Å². The van der Waals surface area contributed by atoms with E-state index in [2.05, 4.69) is 10.2 Å². The number of H-pyrrole nitrogens is 1. The standard InChI is InChI=1S/C24H24N6OS/c1-28-22(25-26-24(28)32)18-12-14-29(15-13-18)23(31)20-16-30(19-10-6-3-7-11-19)27-21(20)17-8-4-2-5-9-17/h2-11,16,18H,12-15H2,1H3,(H,26,32). The molecule has 0 atom stereocenters. The first-order valence-corrected chi connectivity index (χ1v) is 11.1. The Labute approximate surface area is 191 Å². The van der Waals surface area contributed by atoms with Gasteiger partial charge in [0.15, 0.2) is 4.77 Å². The monoisotopic (exact) mass is 444 g/mol. The molecule has 0 spiro atoms. The molecule has 162 valence electrons. The Morgan fingerprint density at radius 2 is 1.69 bits per heavy atom. The minimum Gasteiger partial charge on any atom is -0.338 e. The van der Waals surface area contributed by atoms with Crippen LogP contribution in [0.5, 0.6) is 0 Å². The highest BCUT2D eigenvalue weighted by Crippen LogP contribution is 2.30. The lowest BCUT2D eigenvalue weighted by Crippen LogP contribution is -2.38. The summed E-state index contributed by atoms with van der Waals surface area (Å²) in [5.41, 5.74) is 3.18. The van der Waals surface area contributed by atoms with Crippen LogP contribution < -0.4 is 0 Å². The molecule has 2 aromatic heterocycles. The minimum atomic E-state index is 0.0137. The molecule has 1 fully saturated rings. The number of nitrogens with one attached hydrogen (secondary N) is 1. The predicted molar refractivity (Wildman–Crippen MR) is 125 cm³/mol. The van der Waals surface area contributed by atoms with Crippen molar-refractivity contribution in [2.75, 3.05) is 13.1 Å². The number of nitrogens with zero attached hydrogens (tertiary/aromatic N) is 5. The highest BCUT2D eigenvalue weighted by molar-refractivity contribution is 7.71. The maximum Gasteiger partial charge on any atom is 0.257 e. The van der Waals surface area contributed by atoms with E-state index in [-0.39, 0.29) is 11.8 Å². The van der Waals surface area contributed by atoms with E-state index in [1.807, 2.05) is 83.4 Å². The summed E-state index contributed by atoms with van der Waals surface area (Å²) in [4.78, 5) is 15.5. The van der Waals surface area contributed by atoms with Crippen molar-refractivity contribution in [3.8, 4) is 16.9 Å². The fraction of sp³-hybridized carbons (Fsp3) is 0.250. The van der Waals surface area contributed by atoms with Crippen LogP contribution in [0, 0.1) is 4.77 Å². The summed E-state index contributed by atoms with van der Waals surface area (Å²) in [6.07, 6.45) is 3.56. The van der Waals surface area contributed by atoms with Gasteiger partial charge < -0.3 is 9.47 Å². The second-order valence-corrected chi connectivity index (χ2v) is 8.44. The molecule has 1 saturated heterocycles. The summed E-state index contributed by atoms with van der Waals surface area (Å²) in [7, 11) is 1.93. The van der Waals surface area contributed by atoms with Crippen LogP contribution in [0.1, 0.15) is 34.9 Å². The number of amides is 1. The molecule has 4 aromatic rings. The van der Waals surface area contributed by atoms with Crippen molar-refractivity contribution in [2.24, 2.45) is 7.05 Å². The molecule has 0 saturated carbocycles. The molecular weight excluding hydrogens is 420 g/mol. The summed E-state index contributed by atoms with van der Waals surface area (Å²) in [6, 6.07) is 19.8. The summed E-state index contributed by atoms with van der Waals surface area (Å²) in [6.45, 7) is 1.35. The molecule has 32 heavy (non-hydrogen) atoms. The van der Waals surface area contributed by atoms with Crippen LogP contribution in [-0.4, -0.2) is 48.4 Å². The lowest BCUT2D eigenvalue weighted by Gasteiger charge is -2.31. The quantitative estimate of drug-likeness (QED) is 0.475. The van der Waals surface area contributed by atoms with Crippen molar-refractivity contribution in [3.63, 3.8) is 0 Å². The van der Waals surface area contributed by atoms with Gasteiger partial charge in [-0.1, -0.05) is 48.5 Å². The average Bonchev–Trinajstić information content (AvgIpc) is 3.44. The first-order valence-electron chi connectivity index (χ1n) is 10.7. The Morgan fingerprint density at radius 3 is 2.31 bits per heavy atom. The van der Waals surface area contributed by atoms with Gasteiger partial charge in [-0.2, -0.15) is 10.2 Å². The van der Waals surface area contributed by atoms with Gasteiger partial charge in [-0.25, -0.2) is 4.68 Å². The van der Waals surface area contributed by atoms with E-state index >= 15 is 0 Å². The lowest BCUT2D eigenvalue weighted by molar-refractivity contribution is 0.0711. The number of aromatic nitrogens is 5. The molecule has 1 aliphatic rings. The first-order chi connectivity index (χ1) is 15.6. The van der Waals surface area contributed by atoms with Crippen LogP contribution in [-0.2, 0) is 7.05 Å². The third-order valence-corrected chi connectivity index (χ3v) is 6.44. The number of carbonyl (C=O) groups excluding carboxylic acids is 1. The molecule has 2 aromatic carbocycles. The van der Waals surface area contributed by atoms with E-state index in [4.69, 9.17) is 17.3 Å². The van der Waals surface area contributed by atoms with Crippen molar-refractivity contribution < 1.29 is 4.79 Å². The van der Waals surface area contributed by atoms with E-state index in [9.17, 15) is 4.79 Å². The third kappa shape index (κ3) is 3.78. The number of carbonyl (C=O) groups is 1. The predicted octanol–water partition coefficient (Wildman–Crippen LogP) is 4.35. The number of hydrogen-bond acceptors (Lipinski definition) is 4. The van der Waals surface area contributed by atoms with Crippen molar-refractivity contribution in [1.82, 2.24) is 29.4 Å². The highest BCUT2D eigenvalue weighted by Gasteiger charge is 2.29. The second kappa shape index (κ2) is 8.55. The SMILES string of the molecule is Cn1c(C2CCN(C(=O)c3cn(-c4ccccc4)nc3-c3ccccc3)CC2)n[nH]c1=S. The summed E-state index contributed by atoms with van der Waals surface area (Å²) < 4.78 is 4.34. The number of benzene rings is 2. The number of aromatic amines is 1. The molecule has 3 heterocycles. The zero-order chi connectivity index (χ0) is 22.1. The molecule has 0 bridgehead atoms. The van der Waals surface area contributed by atoms with Gasteiger partial charge in [0.25, 0.3) is 5.91 Å². The molecule has 0 aliphatic carbocycles. The third-order valence-electron chi connectivity index (χ3n) is 6.07. The number of piperidine rings is 1. The minimum absolute atomic E-state index is 0.0137. The Hall–Kier alpha value is -3.52. The van der Waals surface area contributed by atoms with Gasteiger partial charge in [0.1, 0.15) is 11.5 Å². The largest absolute Gasteiger partial charge is 0.338 e. The summed E-state index contributed by atoms with van der Waals surface area (Å²) in [5, 5.41) is 12.0. The lowest BCUT2D eigenvalue weighted by atomic mass is 9.95. The van der Waals surface area contributed by atoms with Gasteiger partial charge in [0.2, 0.25) is 0 Å². The molecule has 1 N–H and O–H groups in total. The molecule has 0 radical (unpaired) electrons. The van der Waals surface area contributed by atoms with E-state index < -0.39 is 0 Å². The van der Waals surface area contributed by atoms with E-state index in [1.165, 1.54) is 0 Å². The van der Waals surface area contributed by atoms with Crippen LogP contribution in [0.25, 0.3) is 16.9 Å². The van der Waals surface area contributed by atoms with E-state index in [0.717, 1.165) is 29.9 Å². The van der Waals surface area contributed by atoms with Gasteiger partial charge >= 0.3 is 0 Å². The number of hydrogen-bond donors (Lipinski definition) is 1. The Bertz CT molecular complexity index is 1280. The van der Waals surface area contributed by atoms with Gasteiger partial charge in [-0.3, -0.25) is 9.89 Å². The van der Waals surface area contributed by atoms with E-state index in [1.54, 1.807) is 4.68 Å². The van der Waals surface area contributed by atoms with Crippen LogP contribution in [0.2, 0.25) is 0 Å². The number of likely N-dealkylation sites (tertiary alicyclic amines) is 1. The van der Waals surface area contributed by atoms with Crippen molar-refractivity contribution >= 4 is 18.1 Å². The van der Waals surface area contributed by atoms with Crippen LogP contribution >= 0.6 is 12.2 Å². The Morgan fingerprint density at radius 1 is 1.03 bits per heavy atom. The average molecular weight is 445 g/mol. The molecule has 0 unspecified atom stereocenters. The zero-order valence-electron chi connectivity index (χ0n) is 17.8. The summed E-state index contributed by atoms with van der Waals surface area (Å²) in [5.74, 6) is 1.27. The fourth-order valence-corrected chi connectivity index (χ4v) is 4.43. The molecule has 5 rings (SSSR count). The molecule has 1 amide bonds. The van der Waals surface area contributed by atoms with Crippen LogP contribution in [0.4, 0.5) is 0 Å². The topological polar surface area (TPSA) is 71.7 Å². The number of rotatable bonds is 4. The summed E-state index contributed by atoms with van der Waals surface area (Å²) >= 11 is 5.25. The number of para-hydroxylation sites is 1. The first kappa shape index (κ1) is 20.4. The Kier molecular flexibility index (Phi) is 5.45. The smallest absolute Gasteiger partial charge is 0.257 e. The molecule has 1 aliphatic heterocycles. The van der Waals surface area contributed by atoms with Gasteiger partial charge in [-0.05, 0) is 37.2 Å². The van der Waals surface area contributed by atoms with Crippen molar-refractivity contribution in [2.45, 2.75) is 18.8 Å². The highest BCUT2D eigenvalue weighted by atomic mass is 32.1. The van der Waals surface area contributed by atoms with Crippen LogP contribution in [0.15, 0.2) is 66.9 Å².